The topological polar surface area (TPSA) is 54.7 Å². The summed E-state index contributed by atoms with van der Waals surface area (Å²) >= 11 is 3.34. The molecule has 0 saturated carbocycles. The number of nitrogens with zero attached hydrogens (tertiary/aromatic N) is 1. The Hall–Kier alpha value is -1.53. The van der Waals surface area contributed by atoms with Gasteiger partial charge in [-0.05, 0) is 74.9 Å². The van der Waals surface area contributed by atoms with E-state index in [-0.39, 0.29) is 18.1 Å². The van der Waals surface area contributed by atoms with E-state index < -0.39 is 0 Å². The molecular formula is C18H23BrN2O3. The molecule has 1 fully saturated rings. The molecule has 3 rings (SSSR count). The summed E-state index contributed by atoms with van der Waals surface area (Å²) in [6.07, 6.45) is 1.98. The molecule has 1 aliphatic heterocycles. The standard InChI is InChI=1S/C18H23BrN2O3/c1-11(2)23-15-8-12(9-16-14(15)10-17(19)24-16)18(22)20-13-4-6-21(3)7-5-13/h8-11,13H,4-7H2,1-3H3,(H,20,22). The summed E-state index contributed by atoms with van der Waals surface area (Å²) < 4.78 is 12.1. The maximum absolute atomic E-state index is 12.6. The molecule has 0 aliphatic carbocycles. The van der Waals surface area contributed by atoms with Crippen molar-refractivity contribution in [1.82, 2.24) is 10.2 Å². The number of ether oxygens (including phenoxy) is 1. The molecule has 1 aliphatic rings. The first kappa shape index (κ1) is 17.3. The number of carbonyl (C=O) groups excluding carboxylic acids is 1. The molecule has 0 atom stereocenters. The van der Waals surface area contributed by atoms with Gasteiger partial charge in [0.25, 0.3) is 5.91 Å². The SMILES string of the molecule is CC(C)Oc1cc(C(=O)NC2CCN(C)CC2)cc2oc(Br)cc12. The van der Waals surface area contributed by atoms with Crippen LogP contribution in [0.25, 0.3) is 11.0 Å². The average Bonchev–Trinajstić information content (AvgIpc) is 2.89. The van der Waals surface area contributed by atoms with Crippen molar-refractivity contribution in [1.29, 1.82) is 0 Å². The Morgan fingerprint density at radius 3 is 2.71 bits per heavy atom. The Kier molecular flexibility index (Phi) is 5.15. The highest BCUT2D eigenvalue weighted by Gasteiger charge is 2.21. The van der Waals surface area contributed by atoms with Gasteiger partial charge in [0, 0.05) is 17.7 Å². The smallest absolute Gasteiger partial charge is 0.251 e. The van der Waals surface area contributed by atoms with Crippen LogP contribution in [0.3, 0.4) is 0 Å². The fraction of sp³-hybridized carbons (Fsp3) is 0.500. The predicted octanol–water partition coefficient (Wildman–Crippen LogP) is 3.81. The number of likely N-dealkylation sites (tertiary alicyclic amines) is 1. The number of hydrogen-bond acceptors (Lipinski definition) is 4. The molecule has 1 N–H and O–H groups in total. The normalized spacial score (nSPS) is 16.7. The summed E-state index contributed by atoms with van der Waals surface area (Å²) in [5.74, 6) is 0.595. The van der Waals surface area contributed by atoms with Crippen LogP contribution in [-0.4, -0.2) is 43.1 Å². The third-order valence-corrected chi connectivity index (χ3v) is 4.64. The predicted molar refractivity (Wildman–Crippen MR) is 97.7 cm³/mol. The number of fused-ring (bicyclic) bond motifs is 1. The van der Waals surface area contributed by atoms with Gasteiger partial charge in [-0.1, -0.05) is 0 Å². The van der Waals surface area contributed by atoms with Crippen LogP contribution < -0.4 is 10.1 Å². The fourth-order valence-corrected chi connectivity index (χ4v) is 3.38. The highest BCUT2D eigenvalue weighted by molar-refractivity contribution is 9.10. The molecule has 0 spiro atoms. The van der Waals surface area contributed by atoms with Gasteiger partial charge >= 0.3 is 0 Å². The molecule has 0 unspecified atom stereocenters. The molecule has 2 aromatic rings. The average molecular weight is 395 g/mol. The van der Waals surface area contributed by atoms with Crippen LogP contribution in [0.2, 0.25) is 0 Å². The maximum atomic E-state index is 12.6. The van der Waals surface area contributed by atoms with Crippen molar-refractivity contribution in [2.24, 2.45) is 0 Å². The third-order valence-electron chi connectivity index (χ3n) is 4.25. The van der Waals surface area contributed by atoms with Gasteiger partial charge in [-0.3, -0.25) is 4.79 Å². The first-order chi connectivity index (χ1) is 11.4. The van der Waals surface area contributed by atoms with Gasteiger partial charge in [-0.2, -0.15) is 0 Å². The summed E-state index contributed by atoms with van der Waals surface area (Å²) in [6.45, 7) is 5.95. The largest absolute Gasteiger partial charge is 0.490 e. The van der Waals surface area contributed by atoms with Gasteiger partial charge in [-0.25, -0.2) is 0 Å². The van der Waals surface area contributed by atoms with Crippen molar-refractivity contribution in [3.8, 4) is 5.75 Å². The molecule has 24 heavy (non-hydrogen) atoms. The molecule has 0 radical (unpaired) electrons. The molecule has 6 heteroatoms. The second kappa shape index (κ2) is 7.15. The molecule has 0 bridgehead atoms. The summed E-state index contributed by atoms with van der Waals surface area (Å²) in [5, 5.41) is 4.00. The number of carbonyl (C=O) groups is 1. The molecule has 130 valence electrons. The molecule has 5 nitrogen and oxygen atoms in total. The number of piperidine rings is 1. The zero-order valence-electron chi connectivity index (χ0n) is 14.3. The summed E-state index contributed by atoms with van der Waals surface area (Å²) in [6, 6.07) is 5.67. The highest BCUT2D eigenvalue weighted by atomic mass is 79.9. The summed E-state index contributed by atoms with van der Waals surface area (Å²) in [5.41, 5.74) is 1.22. The highest BCUT2D eigenvalue weighted by Crippen LogP contribution is 2.33. The molecule has 1 aromatic heterocycles. The molecule has 2 heterocycles. The van der Waals surface area contributed by atoms with E-state index in [9.17, 15) is 4.79 Å². The molecule has 1 amide bonds. The minimum absolute atomic E-state index is 0.0223. The Balaban J connectivity index is 1.84. The van der Waals surface area contributed by atoms with Crippen molar-refractivity contribution in [3.63, 3.8) is 0 Å². The van der Waals surface area contributed by atoms with Crippen LogP contribution in [0.15, 0.2) is 27.3 Å². The number of halogens is 1. The van der Waals surface area contributed by atoms with Gasteiger partial charge in [0.2, 0.25) is 0 Å². The summed E-state index contributed by atoms with van der Waals surface area (Å²) in [4.78, 5) is 14.9. The van der Waals surface area contributed by atoms with Crippen LogP contribution in [-0.2, 0) is 0 Å². The third kappa shape index (κ3) is 3.92. The van der Waals surface area contributed by atoms with Crippen molar-refractivity contribution in [2.45, 2.75) is 38.8 Å². The van der Waals surface area contributed by atoms with Gasteiger partial charge in [-0.15, -0.1) is 0 Å². The van der Waals surface area contributed by atoms with Crippen LogP contribution >= 0.6 is 15.9 Å². The van der Waals surface area contributed by atoms with Gasteiger partial charge in [0.15, 0.2) is 4.67 Å². The van der Waals surface area contributed by atoms with E-state index >= 15 is 0 Å². The lowest BCUT2D eigenvalue weighted by Gasteiger charge is -2.29. The molecule has 1 aromatic carbocycles. The number of furan rings is 1. The Bertz CT molecular complexity index is 733. The van der Waals surface area contributed by atoms with E-state index in [1.54, 1.807) is 12.1 Å². The first-order valence-corrected chi connectivity index (χ1v) is 9.11. The number of rotatable bonds is 4. The quantitative estimate of drug-likeness (QED) is 0.856. The Labute approximate surface area is 150 Å². The fourth-order valence-electron chi connectivity index (χ4n) is 2.98. The lowest BCUT2D eigenvalue weighted by molar-refractivity contribution is 0.0916. The zero-order chi connectivity index (χ0) is 17.3. The minimum atomic E-state index is -0.0763. The Morgan fingerprint density at radius 2 is 2.04 bits per heavy atom. The zero-order valence-corrected chi connectivity index (χ0v) is 15.9. The lowest BCUT2D eigenvalue weighted by atomic mass is 10.0. The Morgan fingerprint density at radius 1 is 1.33 bits per heavy atom. The minimum Gasteiger partial charge on any atom is -0.490 e. The molecule has 1 saturated heterocycles. The van der Waals surface area contributed by atoms with E-state index in [0.29, 0.717) is 21.6 Å². The van der Waals surface area contributed by atoms with E-state index in [4.69, 9.17) is 9.15 Å². The van der Waals surface area contributed by atoms with E-state index in [1.807, 2.05) is 19.9 Å². The number of hydrogen-bond donors (Lipinski definition) is 1. The van der Waals surface area contributed by atoms with Crippen molar-refractivity contribution < 1.29 is 13.9 Å². The van der Waals surface area contributed by atoms with Gasteiger partial charge in [0.05, 0.1) is 11.5 Å². The van der Waals surface area contributed by atoms with Crippen molar-refractivity contribution in [2.75, 3.05) is 20.1 Å². The number of nitrogens with one attached hydrogen (secondary N) is 1. The summed E-state index contributed by atoms with van der Waals surface area (Å²) in [7, 11) is 2.11. The van der Waals surface area contributed by atoms with Crippen LogP contribution in [0.4, 0.5) is 0 Å². The van der Waals surface area contributed by atoms with Crippen LogP contribution in [0.5, 0.6) is 5.75 Å². The van der Waals surface area contributed by atoms with Gasteiger partial charge < -0.3 is 19.4 Å². The molecular weight excluding hydrogens is 372 g/mol. The van der Waals surface area contributed by atoms with Crippen LogP contribution in [0.1, 0.15) is 37.0 Å². The number of amides is 1. The van der Waals surface area contributed by atoms with Crippen molar-refractivity contribution in [3.05, 3.63) is 28.4 Å². The number of benzene rings is 1. The first-order valence-electron chi connectivity index (χ1n) is 8.31. The lowest BCUT2D eigenvalue weighted by Crippen LogP contribution is -2.43. The van der Waals surface area contributed by atoms with Gasteiger partial charge in [0.1, 0.15) is 11.3 Å². The van der Waals surface area contributed by atoms with E-state index in [0.717, 1.165) is 31.3 Å². The monoisotopic (exact) mass is 394 g/mol. The second-order valence-electron chi connectivity index (χ2n) is 6.65. The van der Waals surface area contributed by atoms with Crippen LogP contribution in [0, 0.1) is 0 Å². The van der Waals surface area contributed by atoms with E-state index in [2.05, 4.69) is 33.2 Å². The maximum Gasteiger partial charge on any atom is 0.251 e. The second-order valence-corrected chi connectivity index (χ2v) is 7.44. The van der Waals surface area contributed by atoms with Crippen molar-refractivity contribution >= 4 is 32.8 Å². The van der Waals surface area contributed by atoms with E-state index in [1.165, 1.54) is 0 Å².